The molecule has 0 bridgehead atoms. The largest absolute Gasteiger partial charge is 0.330 e. The number of nitrogens with zero attached hydrogens (tertiary/aromatic N) is 1. The number of hydrogen-bond donors (Lipinski definition) is 2. The van der Waals surface area contributed by atoms with Gasteiger partial charge in [0.05, 0.1) is 11.4 Å². The van der Waals surface area contributed by atoms with Crippen LogP contribution in [0.15, 0.2) is 16.7 Å². The van der Waals surface area contributed by atoms with E-state index in [9.17, 15) is 4.79 Å². The standard InChI is InChI=1S/C14H22BrN3O/c1-3-11(8-9-16)4-7-14(19)18-12-5-6-13(15)17-10(12)2/h5-6,11H,3-4,7-9,16H2,1-2H3,(H,18,19). The predicted molar refractivity (Wildman–Crippen MR) is 82.0 cm³/mol. The van der Waals surface area contributed by atoms with Crippen molar-refractivity contribution in [3.8, 4) is 0 Å². The number of aromatic nitrogens is 1. The Morgan fingerprint density at radius 1 is 1.47 bits per heavy atom. The molecule has 0 radical (unpaired) electrons. The lowest BCUT2D eigenvalue weighted by Gasteiger charge is -2.13. The Balaban J connectivity index is 2.46. The van der Waals surface area contributed by atoms with Crippen LogP contribution in [0, 0.1) is 12.8 Å². The molecule has 0 fully saturated rings. The molecule has 1 rings (SSSR count). The van der Waals surface area contributed by atoms with Gasteiger partial charge in [-0.15, -0.1) is 0 Å². The second kappa shape index (κ2) is 8.27. The molecule has 1 aromatic heterocycles. The Hall–Kier alpha value is -0.940. The zero-order valence-electron chi connectivity index (χ0n) is 11.6. The third kappa shape index (κ3) is 5.70. The van der Waals surface area contributed by atoms with Crippen molar-refractivity contribution in [2.75, 3.05) is 11.9 Å². The van der Waals surface area contributed by atoms with Gasteiger partial charge < -0.3 is 11.1 Å². The van der Waals surface area contributed by atoms with Crippen molar-refractivity contribution in [1.29, 1.82) is 0 Å². The number of carbonyl (C=O) groups excluding carboxylic acids is 1. The molecule has 5 heteroatoms. The molecule has 0 aliphatic rings. The smallest absolute Gasteiger partial charge is 0.224 e. The molecule has 0 spiro atoms. The topological polar surface area (TPSA) is 68.0 Å². The molecule has 1 unspecified atom stereocenters. The molecule has 3 N–H and O–H groups in total. The van der Waals surface area contributed by atoms with Gasteiger partial charge in [-0.05, 0) is 60.3 Å². The first-order valence-corrected chi connectivity index (χ1v) is 7.49. The van der Waals surface area contributed by atoms with Crippen molar-refractivity contribution in [2.45, 2.75) is 39.5 Å². The van der Waals surface area contributed by atoms with Crippen LogP contribution in [0.25, 0.3) is 0 Å². The SMILES string of the molecule is CCC(CCN)CCC(=O)Nc1ccc(Br)nc1C. The van der Waals surface area contributed by atoms with Gasteiger partial charge in [-0.3, -0.25) is 4.79 Å². The molecule has 19 heavy (non-hydrogen) atoms. The van der Waals surface area contributed by atoms with E-state index in [2.05, 4.69) is 33.2 Å². The summed E-state index contributed by atoms with van der Waals surface area (Å²) >= 11 is 3.30. The molecule has 1 aromatic rings. The van der Waals surface area contributed by atoms with Crippen molar-refractivity contribution < 1.29 is 4.79 Å². The van der Waals surface area contributed by atoms with Crippen LogP contribution < -0.4 is 11.1 Å². The number of halogens is 1. The second-order valence-corrected chi connectivity index (χ2v) is 5.52. The van der Waals surface area contributed by atoms with Crippen LogP contribution in [-0.2, 0) is 4.79 Å². The predicted octanol–water partition coefficient (Wildman–Crippen LogP) is 3.25. The molecule has 106 valence electrons. The van der Waals surface area contributed by atoms with E-state index in [0.717, 1.165) is 35.2 Å². The van der Waals surface area contributed by atoms with Crippen LogP contribution in [0.5, 0.6) is 0 Å². The van der Waals surface area contributed by atoms with Crippen LogP contribution in [-0.4, -0.2) is 17.4 Å². The van der Waals surface area contributed by atoms with E-state index in [-0.39, 0.29) is 5.91 Å². The number of nitrogens with two attached hydrogens (primary N) is 1. The van der Waals surface area contributed by atoms with Gasteiger partial charge in [0, 0.05) is 6.42 Å². The van der Waals surface area contributed by atoms with Crippen molar-refractivity contribution in [1.82, 2.24) is 4.98 Å². The molecular weight excluding hydrogens is 306 g/mol. The van der Waals surface area contributed by atoms with Crippen molar-refractivity contribution in [3.63, 3.8) is 0 Å². The minimum absolute atomic E-state index is 0.0442. The third-order valence-corrected chi connectivity index (χ3v) is 3.70. The van der Waals surface area contributed by atoms with E-state index in [4.69, 9.17) is 5.73 Å². The summed E-state index contributed by atoms with van der Waals surface area (Å²) in [5.41, 5.74) is 7.15. The number of rotatable bonds is 7. The number of nitrogens with one attached hydrogen (secondary N) is 1. The summed E-state index contributed by atoms with van der Waals surface area (Å²) in [6.45, 7) is 4.71. The zero-order valence-corrected chi connectivity index (χ0v) is 13.2. The molecule has 0 aliphatic heterocycles. The van der Waals surface area contributed by atoms with Crippen molar-refractivity contribution in [2.24, 2.45) is 11.7 Å². The Morgan fingerprint density at radius 2 is 2.21 bits per heavy atom. The first kappa shape index (κ1) is 16.1. The lowest BCUT2D eigenvalue weighted by Crippen LogP contribution is -2.15. The number of aryl methyl sites for hydroxylation is 1. The normalized spacial score (nSPS) is 12.2. The highest BCUT2D eigenvalue weighted by atomic mass is 79.9. The molecule has 0 saturated heterocycles. The van der Waals surface area contributed by atoms with Gasteiger partial charge in [0.1, 0.15) is 4.60 Å². The van der Waals surface area contributed by atoms with E-state index >= 15 is 0 Å². The van der Waals surface area contributed by atoms with Gasteiger partial charge in [0.15, 0.2) is 0 Å². The lowest BCUT2D eigenvalue weighted by molar-refractivity contribution is -0.116. The van der Waals surface area contributed by atoms with Gasteiger partial charge in [-0.2, -0.15) is 0 Å². The van der Waals surface area contributed by atoms with E-state index in [1.165, 1.54) is 0 Å². The highest BCUT2D eigenvalue weighted by molar-refractivity contribution is 9.10. The maximum absolute atomic E-state index is 11.9. The van der Waals surface area contributed by atoms with Gasteiger partial charge in [-0.1, -0.05) is 13.3 Å². The van der Waals surface area contributed by atoms with Crippen molar-refractivity contribution in [3.05, 3.63) is 22.4 Å². The number of carbonyl (C=O) groups is 1. The fourth-order valence-corrected chi connectivity index (χ4v) is 2.40. The maximum atomic E-state index is 11.9. The van der Waals surface area contributed by atoms with Crippen molar-refractivity contribution >= 4 is 27.5 Å². The summed E-state index contributed by atoms with van der Waals surface area (Å²) < 4.78 is 0.775. The molecule has 4 nitrogen and oxygen atoms in total. The average molecular weight is 328 g/mol. The summed E-state index contributed by atoms with van der Waals surface area (Å²) in [5.74, 6) is 0.586. The van der Waals surface area contributed by atoms with Crippen LogP contribution in [0.3, 0.4) is 0 Å². The first-order chi connectivity index (χ1) is 9.06. The highest BCUT2D eigenvalue weighted by Crippen LogP contribution is 2.18. The van der Waals surface area contributed by atoms with Gasteiger partial charge in [-0.25, -0.2) is 4.98 Å². The maximum Gasteiger partial charge on any atom is 0.224 e. The minimum atomic E-state index is 0.0442. The van der Waals surface area contributed by atoms with Crippen LogP contribution in [0.1, 0.15) is 38.3 Å². The molecule has 1 heterocycles. The monoisotopic (exact) mass is 327 g/mol. The van der Waals surface area contributed by atoms with Gasteiger partial charge in [0.2, 0.25) is 5.91 Å². The van der Waals surface area contributed by atoms with Crippen LogP contribution >= 0.6 is 15.9 Å². The molecule has 1 atom stereocenters. The molecule has 1 amide bonds. The molecular formula is C14H22BrN3O. The second-order valence-electron chi connectivity index (χ2n) is 4.71. The summed E-state index contributed by atoms with van der Waals surface area (Å²) in [6.07, 6.45) is 3.49. The third-order valence-electron chi connectivity index (χ3n) is 3.26. The Kier molecular flexibility index (Phi) is 7.02. The fraction of sp³-hybridized carbons (Fsp3) is 0.571. The van der Waals surface area contributed by atoms with E-state index < -0.39 is 0 Å². The van der Waals surface area contributed by atoms with Gasteiger partial charge >= 0.3 is 0 Å². The number of anilines is 1. The number of amides is 1. The lowest BCUT2D eigenvalue weighted by atomic mass is 9.96. The van der Waals surface area contributed by atoms with Crippen LogP contribution in [0.4, 0.5) is 5.69 Å². The van der Waals surface area contributed by atoms with E-state index in [0.29, 0.717) is 18.9 Å². The average Bonchev–Trinajstić information content (AvgIpc) is 2.38. The Bertz CT molecular complexity index is 423. The highest BCUT2D eigenvalue weighted by Gasteiger charge is 2.10. The quantitative estimate of drug-likeness (QED) is 0.755. The van der Waals surface area contributed by atoms with E-state index in [1.54, 1.807) is 0 Å². The Morgan fingerprint density at radius 3 is 2.79 bits per heavy atom. The van der Waals surface area contributed by atoms with Crippen LogP contribution in [0.2, 0.25) is 0 Å². The minimum Gasteiger partial charge on any atom is -0.330 e. The summed E-state index contributed by atoms with van der Waals surface area (Å²) in [7, 11) is 0. The number of pyridine rings is 1. The van der Waals surface area contributed by atoms with Gasteiger partial charge in [0.25, 0.3) is 0 Å². The summed E-state index contributed by atoms with van der Waals surface area (Å²) in [6, 6.07) is 3.69. The first-order valence-electron chi connectivity index (χ1n) is 6.69. The Labute approximate surface area is 123 Å². The summed E-state index contributed by atoms with van der Waals surface area (Å²) in [5, 5.41) is 2.91. The number of hydrogen-bond acceptors (Lipinski definition) is 3. The summed E-state index contributed by atoms with van der Waals surface area (Å²) in [4.78, 5) is 16.1. The molecule has 0 aromatic carbocycles. The fourth-order valence-electron chi connectivity index (χ4n) is 2.00. The molecule has 0 aliphatic carbocycles. The molecule has 0 saturated carbocycles. The zero-order chi connectivity index (χ0) is 14.3. The van der Waals surface area contributed by atoms with E-state index in [1.807, 2.05) is 19.1 Å².